The Balaban J connectivity index is 1.74. The molecule has 18 heavy (non-hydrogen) atoms. The lowest BCUT2D eigenvalue weighted by atomic mass is 10.3. The Labute approximate surface area is 103 Å². The second kappa shape index (κ2) is 4.49. The summed E-state index contributed by atoms with van der Waals surface area (Å²) in [4.78, 5) is 4.34. The molecule has 0 saturated heterocycles. The van der Waals surface area contributed by atoms with Gasteiger partial charge in [-0.1, -0.05) is 12.1 Å². The molecule has 0 fully saturated rings. The topological polar surface area (TPSA) is 38.1 Å². The molecule has 0 aliphatic rings. The predicted octanol–water partition coefficient (Wildman–Crippen LogP) is 3.58. The van der Waals surface area contributed by atoms with E-state index >= 15 is 0 Å². The molecular weight excluding hydrogens is 231 g/mol. The smallest absolute Gasteiger partial charge is 0.214 e. The molecule has 0 aliphatic carbocycles. The molecular formula is C14H11FN2O. The summed E-state index contributed by atoms with van der Waals surface area (Å²) in [6.45, 7) is 0.473. The van der Waals surface area contributed by atoms with Crippen molar-refractivity contribution in [3.05, 3.63) is 60.2 Å². The normalized spacial score (nSPS) is 10.7. The van der Waals surface area contributed by atoms with Crippen LogP contribution < -0.4 is 5.32 Å². The number of nitrogens with one attached hydrogen (secondary N) is 1. The van der Waals surface area contributed by atoms with E-state index in [1.807, 2.05) is 24.3 Å². The summed E-state index contributed by atoms with van der Waals surface area (Å²) in [6, 6.07) is 13.8. The van der Waals surface area contributed by atoms with Crippen LogP contribution in [0.2, 0.25) is 0 Å². The zero-order chi connectivity index (χ0) is 12.4. The molecule has 0 saturated carbocycles. The maximum Gasteiger partial charge on any atom is 0.214 e. The van der Waals surface area contributed by atoms with Gasteiger partial charge in [0.25, 0.3) is 0 Å². The number of fused-ring (bicyclic) bond motifs is 1. The van der Waals surface area contributed by atoms with Gasteiger partial charge >= 0.3 is 0 Å². The van der Waals surface area contributed by atoms with Crippen LogP contribution in [-0.4, -0.2) is 4.98 Å². The Morgan fingerprint density at radius 2 is 1.83 bits per heavy atom. The highest BCUT2D eigenvalue weighted by Crippen LogP contribution is 2.16. The maximum absolute atomic E-state index is 12.7. The number of para-hydroxylation sites is 2. The van der Waals surface area contributed by atoms with Crippen LogP contribution >= 0.6 is 0 Å². The molecule has 0 unspecified atom stereocenters. The van der Waals surface area contributed by atoms with Crippen LogP contribution in [0.4, 0.5) is 10.1 Å². The molecule has 3 rings (SSSR count). The summed E-state index contributed by atoms with van der Waals surface area (Å²) in [5, 5.41) is 3.13. The number of hydrogen-bond acceptors (Lipinski definition) is 3. The Bertz CT molecular complexity index is 628. The van der Waals surface area contributed by atoms with Gasteiger partial charge in [-0.3, -0.25) is 0 Å². The maximum atomic E-state index is 12.7. The van der Waals surface area contributed by atoms with Crippen LogP contribution in [0.15, 0.2) is 52.9 Å². The highest BCUT2D eigenvalue weighted by molar-refractivity contribution is 5.72. The number of anilines is 1. The zero-order valence-electron chi connectivity index (χ0n) is 9.56. The van der Waals surface area contributed by atoms with E-state index in [1.54, 1.807) is 12.1 Å². The first-order chi connectivity index (χ1) is 8.81. The lowest BCUT2D eigenvalue weighted by molar-refractivity contribution is 0.540. The molecule has 0 radical (unpaired) electrons. The van der Waals surface area contributed by atoms with Crippen LogP contribution in [-0.2, 0) is 6.54 Å². The Hall–Kier alpha value is -2.36. The Morgan fingerprint density at radius 1 is 1.06 bits per heavy atom. The van der Waals surface area contributed by atoms with E-state index in [0.717, 1.165) is 16.8 Å². The second-order valence-electron chi connectivity index (χ2n) is 3.94. The number of halogens is 1. The highest BCUT2D eigenvalue weighted by atomic mass is 19.1. The molecule has 2 aromatic carbocycles. The van der Waals surface area contributed by atoms with Crippen molar-refractivity contribution >= 4 is 16.8 Å². The fraction of sp³-hybridized carbons (Fsp3) is 0.0714. The van der Waals surface area contributed by atoms with E-state index in [4.69, 9.17) is 4.42 Å². The number of oxazole rings is 1. The Morgan fingerprint density at radius 3 is 2.61 bits per heavy atom. The predicted molar refractivity (Wildman–Crippen MR) is 67.7 cm³/mol. The van der Waals surface area contributed by atoms with E-state index in [1.165, 1.54) is 12.1 Å². The first-order valence-electron chi connectivity index (χ1n) is 5.65. The first-order valence-corrected chi connectivity index (χ1v) is 5.65. The lowest BCUT2D eigenvalue weighted by Crippen LogP contribution is -1.99. The molecule has 0 spiro atoms. The number of hydrogen-bond donors (Lipinski definition) is 1. The van der Waals surface area contributed by atoms with Gasteiger partial charge in [0.15, 0.2) is 5.58 Å². The van der Waals surface area contributed by atoms with E-state index in [-0.39, 0.29) is 5.82 Å². The molecule has 1 aromatic heterocycles. The van der Waals surface area contributed by atoms with Crippen molar-refractivity contribution in [2.24, 2.45) is 0 Å². The minimum Gasteiger partial charge on any atom is -0.439 e. The van der Waals surface area contributed by atoms with E-state index in [9.17, 15) is 4.39 Å². The zero-order valence-corrected chi connectivity index (χ0v) is 9.56. The standard InChI is InChI=1S/C14H11FN2O/c15-10-5-7-11(8-6-10)16-9-14-17-12-3-1-2-4-13(12)18-14/h1-8,16H,9H2. The molecule has 0 atom stereocenters. The molecule has 1 heterocycles. The van der Waals surface area contributed by atoms with Gasteiger partial charge in [0, 0.05) is 5.69 Å². The number of aromatic nitrogens is 1. The summed E-state index contributed by atoms with van der Waals surface area (Å²) in [6.07, 6.45) is 0. The number of rotatable bonds is 3. The monoisotopic (exact) mass is 242 g/mol. The van der Waals surface area contributed by atoms with Gasteiger partial charge in [0.05, 0.1) is 6.54 Å². The van der Waals surface area contributed by atoms with Crippen molar-refractivity contribution in [2.45, 2.75) is 6.54 Å². The fourth-order valence-corrected chi connectivity index (χ4v) is 1.74. The first kappa shape index (κ1) is 10.8. The van der Waals surface area contributed by atoms with Gasteiger partial charge in [-0.15, -0.1) is 0 Å². The van der Waals surface area contributed by atoms with Crippen LogP contribution in [0.1, 0.15) is 5.89 Å². The third-order valence-corrected chi connectivity index (χ3v) is 2.63. The lowest BCUT2D eigenvalue weighted by Gasteiger charge is -2.02. The molecule has 0 amide bonds. The van der Waals surface area contributed by atoms with Gasteiger partial charge in [-0.2, -0.15) is 0 Å². The average Bonchev–Trinajstić information content (AvgIpc) is 2.81. The Kier molecular flexibility index (Phi) is 2.68. The van der Waals surface area contributed by atoms with Crippen LogP contribution in [0.25, 0.3) is 11.1 Å². The van der Waals surface area contributed by atoms with Gasteiger partial charge in [-0.25, -0.2) is 9.37 Å². The third kappa shape index (κ3) is 2.18. The third-order valence-electron chi connectivity index (χ3n) is 2.63. The largest absolute Gasteiger partial charge is 0.439 e. The van der Waals surface area contributed by atoms with Crippen LogP contribution in [0.5, 0.6) is 0 Å². The van der Waals surface area contributed by atoms with Crippen molar-refractivity contribution in [3.8, 4) is 0 Å². The molecule has 4 heteroatoms. The van der Waals surface area contributed by atoms with Crippen molar-refractivity contribution < 1.29 is 8.81 Å². The van der Waals surface area contributed by atoms with Gasteiger partial charge in [0.2, 0.25) is 5.89 Å². The van der Waals surface area contributed by atoms with Gasteiger partial charge in [-0.05, 0) is 36.4 Å². The molecule has 0 bridgehead atoms. The quantitative estimate of drug-likeness (QED) is 0.762. The van der Waals surface area contributed by atoms with Crippen LogP contribution in [0, 0.1) is 5.82 Å². The number of benzene rings is 2. The molecule has 3 nitrogen and oxygen atoms in total. The fourth-order valence-electron chi connectivity index (χ4n) is 1.74. The molecule has 90 valence electrons. The van der Waals surface area contributed by atoms with Crippen molar-refractivity contribution in [3.63, 3.8) is 0 Å². The summed E-state index contributed by atoms with van der Waals surface area (Å²) >= 11 is 0. The minimum absolute atomic E-state index is 0.248. The molecule has 1 N–H and O–H groups in total. The van der Waals surface area contributed by atoms with Gasteiger partial charge in [0.1, 0.15) is 11.3 Å². The molecule has 3 aromatic rings. The number of nitrogens with zero attached hydrogens (tertiary/aromatic N) is 1. The van der Waals surface area contributed by atoms with E-state index in [0.29, 0.717) is 12.4 Å². The van der Waals surface area contributed by atoms with Crippen molar-refractivity contribution in [2.75, 3.05) is 5.32 Å². The summed E-state index contributed by atoms with van der Waals surface area (Å²) < 4.78 is 18.3. The van der Waals surface area contributed by atoms with E-state index < -0.39 is 0 Å². The average molecular weight is 242 g/mol. The summed E-state index contributed by atoms with van der Waals surface area (Å²) in [5.41, 5.74) is 2.44. The SMILES string of the molecule is Fc1ccc(NCc2nc3ccccc3o2)cc1. The van der Waals surface area contributed by atoms with Gasteiger partial charge < -0.3 is 9.73 Å². The second-order valence-corrected chi connectivity index (χ2v) is 3.94. The van der Waals surface area contributed by atoms with Crippen molar-refractivity contribution in [1.82, 2.24) is 4.98 Å². The van der Waals surface area contributed by atoms with Crippen LogP contribution in [0.3, 0.4) is 0 Å². The minimum atomic E-state index is -0.248. The highest BCUT2D eigenvalue weighted by Gasteiger charge is 2.04. The van der Waals surface area contributed by atoms with E-state index in [2.05, 4.69) is 10.3 Å². The van der Waals surface area contributed by atoms with Crippen molar-refractivity contribution in [1.29, 1.82) is 0 Å². The molecule has 0 aliphatic heterocycles. The summed E-state index contributed by atoms with van der Waals surface area (Å²) in [7, 11) is 0. The summed E-state index contributed by atoms with van der Waals surface area (Å²) in [5.74, 6) is 0.364.